The van der Waals surface area contributed by atoms with E-state index in [2.05, 4.69) is 10.2 Å². The van der Waals surface area contributed by atoms with E-state index in [9.17, 15) is 9.59 Å². The smallest absolute Gasteiger partial charge is 0.251 e. The summed E-state index contributed by atoms with van der Waals surface area (Å²) in [7, 11) is 1.67. The van der Waals surface area contributed by atoms with Crippen molar-refractivity contribution in [1.29, 1.82) is 0 Å². The molecule has 0 bridgehead atoms. The number of carbonyl (C=O) groups excluding carboxylic acids is 2. The number of hydrogen-bond acceptors (Lipinski definition) is 4. The van der Waals surface area contributed by atoms with Gasteiger partial charge in [0.05, 0.1) is 12.8 Å². The van der Waals surface area contributed by atoms with Crippen molar-refractivity contribution in [2.45, 2.75) is 26.8 Å². The van der Waals surface area contributed by atoms with Gasteiger partial charge in [-0.25, -0.2) is 0 Å². The molecule has 6 heteroatoms. The molecule has 1 heterocycles. The molecule has 0 saturated carbocycles. The second-order valence-electron chi connectivity index (χ2n) is 8.05. The van der Waals surface area contributed by atoms with Gasteiger partial charge in [0.25, 0.3) is 5.91 Å². The predicted molar refractivity (Wildman–Crippen MR) is 119 cm³/mol. The summed E-state index contributed by atoms with van der Waals surface area (Å²) < 4.78 is 5.47. The topological polar surface area (TPSA) is 61.9 Å². The Bertz CT molecular complexity index is 889. The van der Waals surface area contributed by atoms with Gasteiger partial charge in [-0.05, 0) is 37.1 Å². The number of amides is 2. The highest BCUT2D eigenvalue weighted by atomic mass is 16.5. The lowest BCUT2D eigenvalue weighted by Crippen LogP contribution is -2.56. The highest BCUT2D eigenvalue weighted by Gasteiger charge is 2.31. The Hall–Kier alpha value is -3.02. The SMILES string of the molecule is COc1ccccc1N1CCN(C(=O)C(NC(=O)c2cccc(C)c2)C(C)C)CC1. The molecule has 30 heavy (non-hydrogen) atoms. The van der Waals surface area contributed by atoms with Gasteiger partial charge in [0.2, 0.25) is 5.91 Å². The zero-order valence-corrected chi connectivity index (χ0v) is 18.2. The van der Waals surface area contributed by atoms with Crippen LogP contribution >= 0.6 is 0 Å². The van der Waals surface area contributed by atoms with Crippen molar-refractivity contribution in [2.24, 2.45) is 5.92 Å². The Morgan fingerprint density at radius 1 is 1.00 bits per heavy atom. The quantitative estimate of drug-likeness (QED) is 0.796. The molecule has 6 nitrogen and oxygen atoms in total. The van der Waals surface area contributed by atoms with Gasteiger partial charge in [-0.2, -0.15) is 0 Å². The molecule has 2 aromatic rings. The third kappa shape index (κ3) is 4.93. The van der Waals surface area contributed by atoms with Gasteiger partial charge in [0.1, 0.15) is 11.8 Å². The van der Waals surface area contributed by atoms with E-state index in [0.717, 1.165) is 30.1 Å². The van der Waals surface area contributed by atoms with Crippen LogP contribution in [0.1, 0.15) is 29.8 Å². The monoisotopic (exact) mass is 409 g/mol. The lowest BCUT2D eigenvalue weighted by molar-refractivity contribution is -0.134. The number of nitrogens with zero attached hydrogens (tertiary/aromatic N) is 2. The molecule has 0 aliphatic carbocycles. The Kier molecular flexibility index (Phi) is 6.98. The molecule has 0 spiro atoms. The van der Waals surface area contributed by atoms with Crippen molar-refractivity contribution in [3.8, 4) is 5.75 Å². The molecule has 1 saturated heterocycles. The minimum atomic E-state index is -0.546. The van der Waals surface area contributed by atoms with Gasteiger partial charge in [0.15, 0.2) is 0 Å². The van der Waals surface area contributed by atoms with Crippen molar-refractivity contribution >= 4 is 17.5 Å². The molecular formula is C24H31N3O3. The van der Waals surface area contributed by atoms with Crippen LogP contribution in [-0.4, -0.2) is 56.0 Å². The third-order valence-corrected chi connectivity index (χ3v) is 5.52. The van der Waals surface area contributed by atoms with E-state index in [1.165, 1.54) is 0 Å². The maximum Gasteiger partial charge on any atom is 0.251 e. The third-order valence-electron chi connectivity index (χ3n) is 5.52. The molecule has 1 fully saturated rings. The average molecular weight is 410 g/mol. The maximum absolute atomic E-state index is 13.2. The summed E-state index contributed by atoms with van der Waals surface area (Å²) >= 11 is 0. The van der Waals surface area contributed by atoms with E-state index in [0.29, 0.717) is 18.7 Å². The van der Waals surface area contributed by atoms with Crippen LogP contribution < -0.4 is 15.0 Å². The predicted octanol–water partition coefficient (Wildman–Crippen LogP) is 3.11. The Labute approximate surface area is 178 Å². The fourth-order valence-corrected chi connectivity index (χ4v) is 3.78. The number of ether oxygens (including phenoxy) is 1. The van der Waals surface area contributed by atoms with Crippen molar-refractivity contribution in [3.63, 3.8) is 0 Å². The minimum Gasteiger partial charge on any atom is -0.495 e. The molecule has 3 rings (SSSR count). The molecule has 1 aliphatic rings. The number of anilines is 1. The number of piperazine rings is 1. The molecule has 2 amide bonds. The summed E-state index contributed by atoms with van der Waals surface area (Å²) in [4.78, 5) is 30.0. The lowest BCUT2D eigenvalue weighted by atomic mass is 10.0. The van der Waals surface area contributed by atoms with Gasteiger partial charge in [-0.15, -0.1) is 0 Å². The summed E-state index contributed by atoms with van der Waals surface area (Å²) in [5.41, 5.74) is 2.64. The van der Waals surface area contributed by atoms with Crippen LogP contribution in [0.4, 0.5) is 5.69 Å². The second-order valence-corrected chi connectivity index (χ2v) is 8.05. The summed E-state index contributed by atoms with van der Waals surface area (Å²) in [6.07, 6.45) is 0. The molecule has 1 aliphatic heterocycles. The summed E-state index contributed by atoms with van der Waals surface area (Å²) in [6.45, 7) is 8.55. The first-order valence-corrected chi connectivity index (χ1v) is 10.4. The molecule has 1 unspecified atom stereocenters. The van der Waals surface area contributed by atoms with Crippen LogP contribution in [0.5, 0.6) is 5.75 Å². The second kappa shape index (κ2) is 9.65. The van der Waals surface area contributed by atoms with E-state index in [4.69, 9.17) is 4.74 Å². The van der Waals surface area contributed by atoms with Crippen LogP contribution in [0, 0.1) is 12.8 Å². The number of benzene rings is 2. The van der Waals surface area contributed by atoms with Gasteiger partial charge in [-0.1, -0.05) is 43.7 Å². The van der Waals surface area contributed by atoms with Crippen molar-refractivity contribution in [3.05, 3.63) is 59.7 Å². The van der Waals surface area contributed by atoms with Crippen LogP contribution in [-0.2, 0) is 4.79 Å². The van der Waals surface area contributed by atoms with E-state index in [1.54, 1.807) is 13.2 Å². The Balaban J connectivity index is 1.65. The van der Waals surface area contributed by atoms with E-state index in [-0.39, 0.29) is 17.7 Å². The van der Waals surface area contributed by atoms with Crippen molar-refractivity contribution in [2.75, 3.05) is 38.2 Å². The van der Waals surface area contributed by atoms with Gasteiger partial charge in [-0.3, -0.25) is 9.59 Å². The Morgan fingerprint density at radius 2 is 1.70 bits per heavy atom. The van der Waals surface area contributed by atoms with Gasteiger partial charge >= 0.3 is 0 Å². The van der Waals surface area contributed by atoms with Crippen LogP contribution in [0.15, 0.2) is 48.5 Å². The van der Waals surface area contributed by atoms with Gasteiger partial charge < -0.3 is 19.9 Å². The van der Waals surface area contributed by atoms with E-state index >= 15 is 0 Å². The summed E-state index contributed by atoms with van der Waals surface area (Å²) in [6, 6.07) is 14.8. The highest BCUT2D eigenvalue weighted by molar-refractivity contribution is 5.97. The number of rotatable bonds is 6. The number of carbonyl (C=O) groups is 2. The first-order valence-electron chi connectivity index (χ1n) is 10.4. The van der Waals surface area contributed by atoms with Crippen molar-refractivity contribution < 1.29 is 14.3 Å². The average Bonchev–Trinajstić information content (AvgIpc) is 2.76. The summed E-state index contributed by atoms with van der Waals surface area (Å²) in [5, 5.41) is 2.95. The number of aryl methyl sites for hydroxylation is 1. The maximum atomic E-state index is 13.2. The molecule has 160 valence electrons. The molecule has 1 atom stereocenters. The molecule has 0 radical (unpaired) electrons. The molecule has 2 aromatic carbocycles. The largest absolute Gasteiger partial charge is 0.495 e. The minimum absolute atomic E-state index is 0.00138. The molecule has 0 aromatic heterocycles. The first-order chi connectivity index (χ1) is 14.4. The number of hydrogen-bond donors (Lipinski definition) is 1. The Morgan fingerprint density at radius 3 is 2.33 bits per heavy atom. The zero-order chi connectivity index (χ0) is 21.7. The zero-order valence-electron chi connectivity index (χ0n) is 18.2. The number of para-hydroxylation sites is 2. The van der Waals surface area contributed by atoms with Crippen molar-refractivity contribution in [1.82, 2.24) is 10.2 Å². The fraction of sp³-hybridized carbons (Fsp3) is 0.417. The molecular weight excluding hydrogens is 378 g/mol. The van der Waals surface area contributed by atoms with Crippen LogP contribution in [0.3, 0.4) is 0 Å². The highest BCUT2D eigenvalue weighted by Crippen LogP contribution is 2.28. The fourth-order valence-electron chi connectivity index (χ4n) is 3.78. The van der Waals surface area contributed by atoms with E-state index in [1.807, 2.05) is 68.1 Å². The lowest BCUT2D eigenvalue weighted by Gasteiger charge is -2.38. The number of methoxy groups -OCH3 is 1. The number of nitrogens with one attached hydrogen (secondary N) is 1. The summed E-state index contributed by atoms with van der Waals surface area (Å²) in [5.74, 6) is 0.602. The van der Waals surface area contributed by atoms with Crippen LogP contribution in [0.25, 0.3) is 0 Å². The van der Waals surface area contributed by atoms with Gasteiger partial charge in [0, 0.05) is 31.7 Å². The van der Waals surface area contributed by atoms with E-state index < -0.39 is 6.04 Å². The standard InChI is InChI=1S/C24H31N3O3/c1-17(2)22(25-23(28)19-9-7-8-18(3)16-19)24(29)27-14-12-26(13-15-27)20-10-5-6-11-21(20)30-4/h5-11,16-17,22H,12-15H2,1-4H3,(H,25,28). The first kappa shape index (κ1) is 21.7. The molecule has 1 N–H and O–H groups in total. The van der Waals surface area contributed by atoms with Crippen LogP contribution in [0.2, 0.25) is 0 Å². The normalized spacial score (nSPS) is 15.1.